The Balaban J connectivity index is 1.56. The lowest BCUT2D eigenvalue weighted by molar-refractivity contribution is -0.131. The third-order valence-corrected chi connectivity index (χ3v) is 3.82. The van der Waals surface area contributed by atoms with Crippen LogP contribution in [0.2, 0.25) is 0 Å². The fraction of sp³-hybridized carbons (Fsp3) is 0.222. The van der Waals surface area contributed by atoms with Crippen LogP contribution >= 0.6 is 0 Å². The smallest absolute Gasteiger partial charge is 0.264 e. The molecule has 1 atom stereocenters. The molecule has 0 bridgehead atoms. The Morgan fingerprint density at radius 3 is 2.88 bits per heavy atom. The van der Waals surface area contributed by atoms with Crippen LogP contribution in [0.25, 0.3) is 0 Å². The van der Waals surface area contributed by atoms with Crippen LogP contribution in [0, 0.1) is 18.6 Å². The van der Waals surface area contributed by atoms with Gasteiger partial charge in [0.2, 0.25) is 6.10 Å². The number of nitrogens with one attached hydrogen (secondary N) is 1. The number of hydrogen-bond donors (Lipinski definition) is 1. The number of aryl methyl sites for hydroxylation is 1. The van der Waals surface area contributed by atoms with Gasteiger partial charge in [-0.05, 0) is 36.2 Å². The summed E-state index contributed by atoms with van der Waals surface area (Å²) in [6.07, 6.45) is -0.504. The van der Waals surface area contributed by atoms with Crippen LogP contribution in [0.3, 0.4) is 0 Å². The van der Waals surface area contributed by atoms with E-state index < -0.39 is 6.10 Å². The van der Waals surface area contributed by atoms with Crippen molar-refractivity contribution in [2.24, 2.45) is 5.16 Å². The van der Waals surface area contributed by atoms with Gasteiger partial charge in [-0.25, -0.2) is 8.78 Å². The van der Waals surface area contributed by atoms with E-state index in [2.05, 4.69) is 10.5 Å². The number of carbonyl (C=O) groups is 1. The van der Waals surface area contributed by atoms with Crippen LogP contribution < -0.4 is 5.32 Å². The Morgan fingerprint density at radius 1 is 1.29 bits per heavy atom. The molecule has 1 aliphatic heterocycles. The molecule has 0 saturated carbocycles. The molecule has 2 aromatic rings. The first-order valence-electron chi connectivity index (χ1n) is 7.54. The van der Waals surface area contributed by atoms with E-state index in [4.69, 9.17) is 4.84 Å². The van der Waals surface area contributed by atoms with E-state index in [-0.39, 0.29) is 30.5 Å². The molecule has 0 radical (unpaired) electrons. The number of nitrogens with zero attached hydrogens (tertiary/aromatic N) is 1. The molecule has 0 aromatic heterocycles. The molecule has 2 aromatic carbocycles. The van der Waals surface area contributed by atoms with Gasteiger partial charge in [-0.2, -0.15) is 0 Å². The minimum Gasteiger partial charge on any atom is -0.382 e. The molecule has 3 rings (SSSR count). The van der Waals surface area contributed by atoms with Crippen molar-refractivity contribution in [2.45, 2.75) is 26.0 Å². The van der Waals surface area contributed by atoms with Gasteiger partial charge in [0.15, 0.2) is 0 Å². The molecule has 4 nitrogen and oxygen atoms in total. The molecule has 24 heavy (non-hydrogen) atoms. The molecule has 0 aliphatic carbocycles. The van der Waals surface area contributed by atoms with E-state index >= 15 is 0 Å². The molecule has 1 aliphatic rings. The molecular formula is C18H16F2N2O2. The van der Waals surface area contributed by atoms with E-state index in [1.54, 1.807) is 31.2 Å². The number of benzene rings is 2. The highest BCUT2D eigenvalue weighted by Gasteiger charge is 2.28. The zero-order chi connectivity index (χ0) is 17.1. The maximum absolute atomic E-state index is 13.5. The Morgan fingerprint density at radius 2 is 2.12 bits per heavy atom. The summed E-state index contributed by atoms with van der Waals surface area (Å²) in [6, 6.07) is 10.8. The van der Waals surface area contributed by atoms with Gasteiger partial charge >= 0.3 is 0 Å². The van der Waals surface area contributed by atoms with Crippen molar-refractivity contribution in [3.8, 4) is 0 Å². The second kappa shape index (κ2) is 6.78. The molecule has 124 valence electrons. The summed E-state index contributed by atoms with van der Waals surface area (Å²) in [4.78, 5) is 17.3. The second-order valence-corrected chi connectivity index (χ2v) is 5.65. The van der Waals surface area contributed by atoms with Crippen molar-refractivity contribution in [3.63, 3.8) is 0 Å². The van der Waals surface area contributed by atoms with Crippen LogP contribution in [-0.2, 0) is 16.2 Å². The first-order valence-corrected chi connectivity index (χ1v) is 7.54. The number of carbonyl (C=O) groups excluding carboxylic acids is 1. The summed E-state index contributed by atoms with van der Waals surface area (Å²) in [7, 11) is 0. The predicted octanol–water partition coefficient (Wildman–Crippen LogP) is 3.08. The van der Waals surface area contributed by atoms with Crippen LogP contribution in [-0.4, -0.2) is 17.7 Å². The summed E-state index contributed by atoms with van der Waals surface area (Å²) in [5.41, 5.74) is 2.33. The van der Waals surface area contributed by atoms with Crippen LogP contribution in [0.15, 0.2) is 47.6 Å². The molecule has 0 spiro atoms. The molecular weight excluding hydrogens is 314 g/mol. The van der Waals surface area contributed by atoms with Crippen molar-refractivity contribution in [1.82, 2.24) is 5.32 Å². The quantitative estimate of drug-likeness (QED) is 0.936. The fourth-order valence-electron chi connectivity index (χ4n) is 2.41. The third kappa shape index (κ3) is 3.59. The highest BCUT2D eigenvalue weighted by Crippen LogP contribution is 2.18. The largest absolute Gasteiger partial charge is 0.382 e. The van der Waals surface area contributed by atoms with Crippen LogP contribution in [0.4, 0.5) is 8.78 Å². The summed E-state index contributed by atoms with van der Waals surface area (Å²) < 4.78 is 26.7. The van der Waals surface area contributed by atoms with Crippen molar-refractivity contribution in [2.75, 3.05) is 0 Å². The zero-order valence-electron chi connectivity index (χ0n) is 13.1. The molecule has 1 amide bonds. The van der Waals surface area contributed by atoms with Gasteiger partial charge < -0.3 is 10.2 Å². The fourth-order valence-corrected chi connectivity index (χ4v) is 2.41. The molecule has 0 saturated heterocycles. The van der Waals surface area contributed by atoms with Crippen LogP contribution in [0.5, 0.6) is 0 Å². The Labute approximate surface area is 138 Å². The van der Waals surface area contributed by atoms with Gasteiger partial charge in [0.05, 0.1) is 5.71 Å². The van der Waals surface area contributed by atoms with Crippen molar-refractivity contribution < 1.29 is 18.4 Å². The molecule has 6 heteroatoms. The van der Waals surface area contributed by atoms with Gasteiger partial charge in [-0.1, -0.05) is 29.4 Å². The summed E-state index contributed by atoms with van der Waals surface area (Å²) in [6.45, 7) is 1.88. The highest BCUT2D eigenvalue weighted by atomic mass is 19.1. The SMILES string of the molecule is Cc1ccc(CNC(=O)[C@H]2CC(c3cccc(F)c3)=NO2)cc1F. The van der Waals surface area contributed by atoms with E-state index in [1.807, 2.05) is 0 Å². The average Bonchev–Trinajstić information content (AvgIpc) is 3.06. The minimum atomic E-state index is -0.765. The lowest BCUT2D eigenvalue weighted by Gasteiger charge is -2.10. The van der Waals surface area contributed by atoms with E-state index in [0.29, 0.717) is 22.4 Å². The molecule has 1 heterocycles. The summed E-state index contributed by atoms with van der Waals surface area (Å²) in [5, 5.41) is 6.55. The normalized spacial score (nSPS) is 16.5. The van der Waals surface area contributed by atoms with Gasteiger partial charge in [-0.3, -0.25) is 4.79 Å². The van der Waals surface area contributed by atoms with Crippen LogP contribution in [0.1, 0.15) is 23.1 Å². The molecule has 1 N–H and O–H groups in total. The Bertz CT molecular complexity index is 805. The number of amides is 1. The van der Waals surface area contributed by atoms with Crippen molar-refractivity contribution in [1.29, 1.82) is 0 Å². The monoisotopic (exact) mass is 330 g/mol. The first-order chi connectivity index (χ1) is 11.5. The van der Waals surface area contributed by atoms with Crippen molar-refractivity contribution in [3.05, 3.63) is 70.8 Å². The zero-order valence-corrected chi connectivity index (χ0v) is 13.1. The lowest BCUT2D eigenvalue weighted by Crippen LogP contribution is -2.34. The predicted molar refractivity (Wildman–Crippen MR) is 85.4 cm³/mol. The van der Waals surface area contributed by atoms with Gasteiger partial charge in [0.25, 0.3) is 5.91 Å². The Kier molecular flexibility index (Phi) is 4.55. The topological polar surface area (TPSA) is 50.7 Å². The summed E-state index contributed by atoms with van der Waals surface area (Å²) >= 11 is 0. The van der Waals surface area contributed by atoms with E-state index in [0.717, 1.165) is 0 Å². The maximum atomic E-state index is 13.5. The van der Waals surface area contributed by atoms with Gasteiger partial charge in [-0.15, -0.1) is 0 Å². The average molecular weight is 330 g/mol. The van der Waals surface area contributed by atoms with E-state index in [1.165, 1.54) is 18.2 Å². The van der Waals surface area contributed by atoms with Crippen molar-refractivity contribution >= 4 is 11.6 Å². The van der Waals surface area contributed by atoms with Gasteiger partial charge in [0, 0.05) is 18.5 Å². The second-order valence-electron chi connectivity index (χ2n) is 5.65. The first kappa shape index (κ1) is 16.1. The lowest BCUT2D eigenvalue weighted by atomic mass is 10.0. The summed E-state index contributed by atoms with van der Waals surface area (Å²) in [5.74, 6) is -1.02. The molecule has 0 fully saturated rings. The number of halogens is 2. The number of oxime groups is 1. The van der Waals surface area contributed by atoms with Gasteiger partial charge in [0.1, 0.15) is 11.6 Å². The Hall–Kier alpha value is -2.76. The minimum absolute atomic E-state index is 0.200. The molecule has 0 unspecified atom stereocenters. The van der Waals surface area contributed by atoms with E-state index in [9.17, 15) is 13.6 Å². The standard InChI is InChI=1S/C18H16F2N2O2/c1-11-5-6-12(7-15(11)20)10-21-18(23)17-9-16(22-24-17)13-3-2-4-14(19)8-13/h2-8,17H,9-10H2,1H3,(H,21,23)/t17-/m1/s1. The third-order valence-electron chi connectivity index (χ3n) is 3.82. The highest BCUT2D eigenvalue weighted by molar-refractivity contribution is 6.04. The number of hydrogen-bond acceptors (Lipinski definition) is 3. The maximum Gasteiger partial charge on any atom is 0.264 e. The number of rotatable bonds is 4.